The molecule has 1 amide bonds. The van der Waals surface area contributed by atoms with Crippen LogP contribution < -0.4 is 5.73 Å². The van der Waals surface area contributed by atoms with Gasteiger partial charge in [-0.25, -0.2) is 4.98 Å². The number of hydrogen-bond donors (Lipinski definition) is 2. The molecule has 5 rings (SSSR count). The molecule has 0 radical (unpaired) electrons. The van der Waals surface area contributed by atoms with Crippen molar-refractivity contribution < 1.29 is 32.2 Å². The molecular weight excluding hydrogens is 467 g/mol. The van der Waals surface area contributed by atoms with E-state index >= 15 is 0 Å². The van der Waals surface area contributed by atoms with Crippen molar-refractivity contribution in [3.63, 3.8) is 0 Å². The van der Waals surface area contributed by atoms with Crippen LogP contribution in [0.4, 0.5) is 19.0 Å². The predicted octanol–water partition coefficient (Wildman–Crippen LogP) is 3.04. The molecule has 0 saturated carbocycles. The van der Waals surface area contributed by atoms with Crippen molar-refractivity contribution in [2.75, 3.05) is 26.1 Å². The number of hydrogen-bond acceptors (Lipinski definition) is 7. The Kier molecular flexibility index (Phi) is 6.11. The fraction of sp³-hybridized carbons (Fsp3) is 0.435. The van der Waals surface area contributed by atoms with Crippen molar-refractivity contribution in [2.24, 2.45) is 0 Å². The van der Waals surface area contributed by atoms with E-state index in [9.17, 15) is 18.0 Å². The summed E-state index contributed by atoms with van der Waals surface area (Å²) in [7, 11) is 1.56. The molecule has 186 valence electrons. The van der Waals surface area contributed by atoms with Crippen LogP contribution in [0.5, 0.6) is 0 Å². The highest BCUT2D eigenvalue weighted by molar-refractivity contribution is 5.98. The van der Waals surface area contributed by atoms with E-state index in [0.717, 1.165) is 23.4 Å². The molecule has 0 aliphatic carbocycles. The molecule has 2 atom stereocenters. The van der Waals surface area contributed by atoms with Gasteiger partial charge in [-0.05, 0) is 24.6 Å². The number of pyridine rings is 2. The SMILES string of the molecule is CO[C@@H]1CCOC[C@H]1N(Cc1ccc(C(F)(F)F)cn1)C(=O)c1cc2nc(N)c3c(c2[nH]1)COC3. The molecule has 12 heteroatoms. The third-order valence-electron chi connectivity index (χ3n) is 6.45. The highest BCUT2D eigenvalue weighted by Gasteiger charge is 2.36. The summed E-state index contributed by atoms with van der Waals surface area (Å²) in [5, 5.41) is 0. The summed E-state index contributed by atoms with van der Waals surface area (Å²) in [4.78, 5) is 26.8. The van der Waals surface area contributed by atoms with Gasteiger partial charge in [0, 0.05) is 31.0 Å². The van der Waals surface area contributed by atoms with Crippen molar-refractivity contribution in [3.8, 4) is 0 Å². The first-order valence-corrected chi connectivity index (χ1v) is 11.1. The Balaban J connectivity index is 1.50. The Morgan fingerprint density at radius 3 is 2.80 bits per heavy atom. The summed E-state index contributed by atoms with van der Waals surface area (Å²) in [5.41, 5.74) is 8.63. The minimum absolute atomic E-state index is 0.0307. The number of ether oxygens (including phenoxy) is 3. The molecular formula is C23H24F3N5O4. The molecule has 1 fully saturated rings. The lowest BCUT2D eigenvalue weighted by Crippen LogP contribution is -2.52. The first-order valence-electron chi connectivity index (χ1n) is 11.1. The molecule has 2 aliphatic rings. The number of anilines is 1. The number of aromatic nitrogens is 3. The fourth-order valence-corrected chi connectivity index (χ4v) is 4.58. The minimum Gasteiger partial charge on any atom is -0.383 e. The summed E-state index contributed by atoms with van der Waals surface area (Å²) in [6.45, 7) is 1.38. The van der Waals surface area contributed by atoms with Crippen molar-refractivity contribution in [2.45, 2.75) is 44.5 Å². The van der Waals surface area contributed by atoms with Crippen molar-refractivity contribution >= 4 is 22.8 Å². The van der Waals surface area contributed by atoms with Crippen LogP contribution in [-0.2, 0) is 40.1 Å². The maximum absolute atomic E-state index is 13.8. The van der Waals surface area contributed by atoms with Crippen LogP contribution in [0.3, 0.4) is 0 Å². The average molecular weight is 491 g/mol. The number of H-pyrrole nitrogens is 1. The van der Waals surface area contributed by atoms with Crippen molar-refractivity contribution in [3.05, 3.63) is 52.5 Å². The third-order valence-corrected chi connectivity index (χ3v) is 6.45. The molecule has 0 aromatic carbocycles. The van der Waals surface area contributed by atoms with Gasteiger partial charge in [0.1, 0.15) is 11.5 Å². The number of nitrogens with zero attached hydrogens (tertiary/aromatic N) is 3. The molecule has 0 spiro atoms. The Hall–Kier alpha value is -3.22. The van der Waals surface area contributed by atoms with Gasteiger partial charge in [0.15, 0.2) is 0 Å². The van der Waals surface area contributed by atoms with Gasteiger partial charge < -0.3 is 29.8 Å². The number of nitrogens with one attached hydrogen (secondary N) is 1. The topological polar surface area (TPSA) is 116 Å². The second-order valence-corrected chi connectivity index (χ2v) is 8.56. The van der Waals surface area contributed by atoms with Crippen LogP contribution >= 0.6 is 0 Å². The first kappa shape index (κ1) is 23.5. The zero-order valence-corrected chi connectivity index (χ0v) is 18.9. The maximum Gasteiger partial charge on any atom is 0.417 e. The highest BCUT2D eigenvalue weighted by Crippen LogP contribution is 2.32. The van der Waals surface area contributed by atoms with Crippen LogP contribution in [-0.4, -0.2) is 58.2 Å². The fourth-order valence-electron chi connectivity index (χ4n) is 4.58. The molecule has 5 heterocycles. The van der Waals surface area contributed by atoms with Gasteiger partial charge in [-0.1, -0.05) is 0 Å². The van der Waals surface area contributed by atoms with E-state index in [1.165, 1.54) is 11.0 Å². The van der Waals surface area contributed by atoms with Gasteiger partial charge in [-0.15, -0.1) is 0 Å². The lowest BCUT2D eigenvalue weighted by Gasteiger charge is -2.38. The number of nitrogen functional groups attached to an aromatic ring is 1. The Morgan fingerprint density at radius 1 is 1.29 bits per heavy atom. The number of amides is 1. The van der Waals surface area contributed by atoms with Gasteiger partial charge in [0.25, 0.3) is 5.91 Å². The van der Waals surface area contributed by atoms with Crippen LogP contribution in [0, 0.1) is 0 Å². The maximum atomic E-state index is 13.8. The van der Waals surface area contributed by atoms with Crippen LogP contribution in [0.1, 0.15) is 39.3 Å². The Bertz CT molecular complexity index is 1240. The van der Waals surface area contributed by atoms with Crippen molar-refractivity contribution in [1.82, 2.24) is 19.9 Å². The lowest BCUT2D eigenvalue weighted by molar-refractivity contribution is -0.137. The molecule has 1 saturated heterocycles. The molecule has 9 nitrogen and oxygen atoms in total. The normalized spacial score (nSPS) is 20.2. The number of halogens is 3. The zero-order chi connectivity index (χ0) is 24.7. The Morgan fingerprint density at radius 2 is 2.09 bits per heavy atom. The Labute approximate surface area is 198 Å². The second kappa shape index (κ2) is 9.10. The summed E-state index contributed by atoms with van der Waals surface area (Å²) in [5.74, 6) is -0.0255. The highest BCUT2D eigenvalue weighted by atomic mass is 19.4. The van der Waals surface area contributed by atoms with Gasteiger partial charge in [-0.2, -0.15) is 13.2 Å². The molecule has 0 unspecified atom stereocenters. The summed E-state index contributed by atoms with van der Waals surface area (Å²) in [6, 6.07) is 3.37. The number of rotatable bonds is 5. The van der Waals surface area contributed by atoms with Crippen LogP contribution in [0.2, 0.25) is 0 Å². The van der Waals surface area contributed by atoms with Crippen LogP contribution in [0.15, 0.2) is 24.4 Å². The van der Waals surface area contributed by atoms with E-state index in [0.29, 0.717) is 48.8 Å². The molecule has 3 aromatic rings. The third kappa shape index (κ3) is 4.44. The van der Waals surface area contributed by atoms with Gasteiger partial charge in [0.05, 0.1) is 60.8 Å². The van der Waals surface area contributed by atoms with E-state index in [-0.39, 0.29) is 30.9 Å². The van der Waals surface area contributed by atoms with E-state index in [4.69, 9.17) is 19.9 Å². The standard InChI is InChI=1S/C23H24F3N5O4/c1-33-19-4-5-34-11-18(19)31(8-13-3-2-12(7-28-13)23(24,25)26)22(32)17-6-16-20(29-17)14-9-35-10-15(14)21(27)30-16/h2-3,6-7,18-19,29H,4-5,8-11H2,1H3,(H2,27,30)/t18-,19-/m1/s1. The molecule has 2 aliphatic heterocycles. The largest absolute Gasteiger partial charge is 0.417 e. The summed E-state index contributed by atoms with van der Waals surface area (Å²) in [6.07, 6.45) is -3.47. The first-order chi connectivity index (χ1) is 16.8. The monoisotopic (exact) mass is 491 g/mol. The molecule has 3 N–H and O–H groups in total. The number of nitrogens with two attached hydrogens (primary N) is 1. The van der Waals surface area contributed by atoms with Gasteiger partial charge in [-0.3, -0.25) is 9.78 Å². The number of methoxy groups -OCH3 is 1. The van der Waals surface area contributed by atoms with Gasteiger partial charge >= 0.3 is 6.18 Å². The smallest absolute Gasteiger partial charge is 0.383 e. The number of alkyl halides is 3. The lowest BCUT2D eigenvalue weighted by atomic mass is 10.0. The van der Waals surface area contributed by atoms with Crippen LogP contribution in [0.25, 0.3) is 11.0 Å². The quantitative estimate of drug-likeness (QED) is 0.564. The molecule has 35 heavy (non-hydrogen) atoms. The number of carbonyl (C=O) groups is 1. The van der Waals surface area contributed by atoms with Crippen molar-refractivity contribution in [1.29, 1.82) is 0 Å². The van der Waals surface area contributed by atoms with E-state index < -0.39 is 17.8 Å². The number of fused-ring (bicyclic) bond motifs is 3. The second-order valence-electron chi connectivity index (χ2n) is 8.56. The number of aromatic amines is 1. The van der Waals surface area contributed by atoms with E-state index in [1.54, 1.807) is 13.2 Å². The number of carbonyl (C=O) groups excluding carboxylic acids is 1. The van der Waals surface area contributed by atoms with E-state index in [2.05, 4.69) is 15.0 Å². The minimum atomic E-state index is -4.50. The molecule has 0 bridgehead atoms. The zero-order valence-electron chi connectivity index (χ0n) is 18.9. The summed E-state index contributed by atoms with van der Waals surface area (Å²) >= 11 is 0. The summed E-state index contributed by atoms with van der Waals surface area (Å²) < 4.78 is 55.7. The van der Waals surface area contributed by atoms with Gasteiger partial charge in [0.2, 0.25) is 0 Å². The predicted molar refractivity (Wildman–Crippen MR) is 118 cm³/mol. The van der Waals surface area contributed by atoms with E-state index in [1.807, 2.05) is 0 Å². The molecule has 3 aromatic heterocycles. The average Bonchev–Trinajstić information content (AvgIpc) is 3.49.